The summed E-state index contributed by atoms with van der Waals surface area (Å²) in [4.78, 5) is 0. The van der Waals surface area contributed by atoms with Crippen LogP contribution in [0.1, 0.15) is 56.5 Å². The molecular weight excluding hydrogens is 224 g/mol. The van der Waals surface area contributed by atoms with Gasteiger partial charge in [-0.3, -0.25) is 4.68 Å². The molecule has 2 rings (SSSR count). The lowest BCUT2D eigenvalue weighted by atomic mass is 9.79. The van der Waals surface area contributed by atoms with Crippen molar-refractivity contribution in [3.63, 3.8) is 0 Å². The molecule has 4 heteroatoms. The number of hydrogen-bond acceptors (Lipinski definition) is 3. The van der Waals surface area contributed by atoms with Crippen LogP contribution in [0, 0.1) is 11.3 Å². The molecule has 1 unspecified atom stereocenters. The van der Waals surface area contributed by atoms with Gasteiger partial charge in [-0.05, 0) is 31.7 Å². The third kappa shape index (κ3) is 2.15. The third-order valence-electron chi connectivity index (χ3n) is 3.69. The molecule has 0 amide bonds. The lowest BCUT2D eigenvalue weighted by Gasteiger charge is -2.26. The van der Waals surface area contributed by atoms with Crippen LogP contribution in [0.25, 0.3) is 0 Å². The van der Waals surface area contributed by atoms with E-state index in [9.17, 15) is 0 Å². The summed E-state index contributed by atoms with van der Waals surface area (Å²) in [7, 11) is 0. The van der Waals surface area contributed by atoms with Gasteiger partial charge < -0.3 is 5.73 Å². The van der Waals surface area contributed by atoms with E-state index in [2.05, 4.69) is 31.9 Å². The van der Waals surface area contributed by atoms with E-state index < -0.39 is 0 Å². The second-order valence-electron chi connectivity index (χ2n) is 6.10. The highest BCUT2D eigenvalue weighted by Gasteiger charge is 2.32. The Labute approximate surface area is 109 Å². The van der Waals surface area contributed by atoms with Crippen molar-refractivity contribution in [1.29, 1.82) is 5.26 Å². The maximum absolute atomic E-state index is 8.92. The lowest BCUT2D eigenvalue weighted by molar-refractivity contribution is 0.520. The zero-order valence-corrected chi connectivity index (χ0v) is 11.5. The SMILES string of the molecule is CC(C)(C)c1nn(CC#N)c2c1C(CN)CCC2. The smallest absolute Gasteiger partial charge is 0.128 e. The van der Waals surface area contributed by atoms with Gasteiger partial charge in [0.05, 0.1) is 11.8 Å². The predicted molar refractivity (Wildman–Crippen MR) is 71.3 cm³/mol. The van der Waals surface area contributed by atoms with E-state index in [1.807, 2.05) is 4.68 Å². The molecule has 18 heavy (non-hydrogen) atoms. The molecule has 1 aromatic heterocycles. The van der Waals surface area contributed by atoms with Gasteiger partial charge in [0.2, 0.25) is 0 Å². The Morgan fingerprint density at radius 3 is 2.78 bits per heavy atom. The first-order chi connectivity index (χ1) is 8.49. The molecule has 0 fully saturated rings. The molecular formula is C14H22N4. The molecule has 1 heterocycles. The van der Waals surface area contributed by atoms with Gasteiger partial charge in [0.15, 0.2) is 0 Å². The zero-order chi connectivity index (χ0) is 13.3. The van der Waals surface area contributed by atoms with Crippen LogP contribution in [0.3, 0.4) is 0 Å². The van der Waals surface area contributed by atoms with Crippen LogP contribution < -0.4 is 5.73 Å². The Morgan fingerprint density at radius 1 is 1.50 bits per heavy atom. The first kappa shape index (κ1) is 13.1. The maximum atomic E-state index is 8.92. The zero-order valence-electron chi connectivity index (χ0n) is 11.5. The molecule has 0 bridgehead atoms. The Morgan fingerprint density at radius 2 is 2.22 bits per heavy atom. The average Bonchev–Trinajstić information content (AvgIpc) is 2.68. The number of rotatable bonds is 2. The van der Waals surface area contributed by atoms with E-state index in [0.29, 0.717) is 19.0 Å². The normalized spacial score (nSPS) is 19.4. The summed E-state index contributed by atoms with van der Waals surface area (Å²) in [6, 6.07) is 2.20. The van der Waals surface area contributed by atoms with Gasteiger partial charge in [-0.2, -0.15) is 10.4 Å². The maximum Gasteiger partial charge on any atom is 0.128 e. The molecule has 0 spiro atoms. The van der Waals surface area contributed by atoms with Crippen molar-refractivity contribution in [3.8, 4) is 6.07 Å². The fourth-order valence-corrected chi connectivity index (χ4v) is 2.85. The second-order valence-corrected chi connectivity index (χ2v) is 6.10. The highest BCUT2D eigenvalue weighted by atomic mass is 15.3. The van der Waals surface area contributed by atoms with E-state index in [0.717, 1.165) is 25.0 Å². The van der Waals surface area contributed by atoms with Crippen LogP contribution in [0.15, 0.2) is 0 Å². The van der Waals surface area contributed by atoms with Crippen LogP contribution in [0.4, 0.5) is 0 Å². The molecule has 1 aliphatic rings. The number of nitrogens with zero attached hydrogens (tertiary/aromatic N) is 3. The highest BCUT2D eigenvalue weighted by molar-refractivity contribution is 5.37. The summed E-state index contributed by atoms with van der Waals surface area (Å²) < 4.78 is 1.89. The first-order valence-corrected chi connectivity index (χ1v) is 6.66. The molecule has 0 radical (unpaired) electrons. The van der Waals surface area contributed by atoms with Gasteiger partial charge in [0.1, 0.15) is 6.54 Å². The standard InChI is InChI=1S/C14H22N4/c1-14(2,3)13-12-10(9-16)5-4-6-11(12)18(17-13)8-7-15/h10H,4-6,8-9,16H2,1-3H3. The average molecular weight is 246 g/mol. The number of aromatic nitrogens is 2. The number of fused-ring (bicyclic) bond motifs is 1. The minimum absolute atomic E-state index is 0.00947. The van der Waals surface area contributed by atoms with Crippen molar-refractivity contribution in [2.24, 2.45) is 5.73 Å². The third-order valence-corrected chi connectivity index (χ3v) is 3.69. The molecule has 1 aliphatic carbocycles. The molecule has 98 valence electrons. The number of hydrogen-bond donors (Lipinski definition) is 1. The largest absolute Gasteiger partial charge is 0.330 e. The van der Waals surface area contributed by atoms with Gasteiger partial charge in [-0.1, -0.05) is 20.8 Å². The van der Waals surface area contributed by atoms with Crippen molar-refractivity contribution < 1.29 is 0 Å². The Balaban J connectivity index is 2.58. The summed E-state index contributed by atoms with van der Waals surface area (Å²) in [5.74, 6) is 0.412. The van der Waals surface area contributed by atoms with Crippen molar-refractivity contribution >= 4 is 0 Å². The monoisotopic (exact) mass is 246 g/mol. The molecule has 2 N–H and O–H groups in total. The van der Waals surface area contributed by atoms with E-state index in [4.69, 9.17) is 11.0 Å². The second kappa shape index (κ2) is 4.74. The Kier molecular flexibility index (Phi) is 3.45. The first-order valence-electron chi connectivity index (χ1n) is 6.66. The minimum atomic E-state index is 0.00947. The van der Waals surface area contributed by atoms with Crippen LogP contribution >= 0.6 is 0 Å². The minimum Gasteiger partial charge on any atom is -0.330 e. The summed E-state index contributed by atoms with van der Waals surface area (Å²) in [5.41, 5.74) is 9.61. The molecule has 0 saturated heterocycles. The number of nitriles is 1. The van der Waals surface area contributed by atoms with E-state index in [1.54, 1.807) is 0 Å². The van der Waals surface area contributed by atoms with Crippen molar-refractivity contribution in [2.45, 2.75) is 57.9 Å². The van der Waals surface area contributed by atoms with Crippen molar-refractivity contribution in [1.82, 2.24) is 9.78 Å². The van der Waals surface area contributed by atoms with E-state index in [1.165, 1.54) is 11.3 Å². The molecule has 4 nitrogen and oxygen atoms in total. The summed E-state index contributed by atoms with van der Waals surface area (Å²) in [6.07, 6.45) is 3.32. The van der Waals surface area contributed by atoms with E-state index in [-0.39, 0.29) is 5.41 Å². The van der Waals surface area contributed by atoms with E-state index >= 15 is 0 Å². The van der Waals surface area contributed by atoms with Gasteiger partial charge in [-0.25, -0.2) is 0 Å². The van der Waals surface area contributed by atoms with Crippen molar-refractivity contribution in [2.75, 3.05) is 6.54 Å². The molecule has 0 aliphatic heterocycles. The van der Waals surface area contributed by atoms with Gasteiger partial charge in [-0.15, -0.1) is 0 Å². The molecule has 1 atom stereocenters. The summed E-state index contributed by atoms with van der Waals surface area (Å²) in [6.45, 7) is 7.54. The predicted octanol–water partition coefficient (Wildman–Crippen LogP) is 2.08. The molecule has 1 aromatic rings. The summed E-state index contributed by atoms with van der Waals surface area (Å²) >= 11 is 0. The fourth-order valence-electron chi connectivity index (χ4n) is 2.85. The van der Waals surface area contributed by atoms with Crippen LogP contribution in [0.5, 0.6) is 0 Å². The molecule has 0 saturated carbocycles. The molecule has 0 aromatic carbocycles. The van der Waals surface area contributed by atoms with Gasteiger partial charge >= 0.3 is 0 Å². The van der Waals surface area contributed by atoms with Crippen LogP contribution in [0.2, 0.25) is 0 Å². The lowest BCUT2D eigenvalue weighted by Crippen LogP contribution is -2.22. The van der Waals surface area contributed by atoms with Gasteiger partial charge in [0.25, 0.3) is 0 Å². The van der Waals surface area contributed by atoms with Crippen LogP contribution in [-0.4, -0.2) is 16.3 Å². The van der Waals surface area contributed by atoms with Crippen LogP contribution in [-0.2, 0) is 18.4 Å². The highest BCUT2D eigenvalue weighted by Crippen LogP contribution is 2.38. The fraction of sp³-hybridized carbons (Fsp3) is 0.714. The van der Waals surface area contributed by atoms with Crippen molar-refractivity contribution in [3.05, 3.63) is 17.0 Å². The Hall–Kier alpha value is -1.34. The topological polar surface area (TPSA) is 67.6 Å². The Bertz CT molecular complexity index is 473. The quantitative estimate of drug-likeness (QED) is 0.868. The van der Waals surface area contributed by atoms with Gasteiger partial charge in [0, 0.05) is 16.7 Å². The number of nitrogens with two attached hydrogens (primary N) is 1. The summed E-state index contributed by atoms with van der Waals surface area (Å²) in [5, 5.41) is 13.6.